The lowest BCUT2D eigenvalue weighted by atomic mass is 10.1. The van der Waals surface area contributed by atoms with Crippen LogP contribution in [0.1, 0.15) is 23.6 Å². The Kier molecular flexibility index (Phi) is 4.54. The highest BCUT2D eigenvalue weighted by Crippen LogP contribution is 2.29. The molecule has 3 N–H and O–H groups in total. The van der Waals surface area contributed by atoms with E-state index in [0.29, 0.717) is 0 Å². The van der Waals surface area contributed by atoms with E-state index in [9.17, 15) is 29.4 Å². The molecule has 2 heterocycles. The Bertz CT molecular complexity index is 693. The third-order valence-corrected chi connectivity index (χ3v) is 3.17. The minimum absolute atomic E-state index is 0.249. The first-order chi connectivity index (χ1) is 10.3. The van der Waals surface area contributed by atoms with Gasteiger partial charge in [0.15, 0.2) is 12.5 Å². The fraction of sp³-hybridized carbons (Fsp3) is 0.500. The molecule has 0 aromatic carbocycles. The normalized spacial score (nSPS) is 27.6. The summed E-state index contributed by atoms with van der Waals surface area (Å²) in [7, 11) is 0. The quantitative estimate of drug-likeness (QED) is 0.409. The van der Waals surface area contributed by atoms with Gasteiger partial charge in [0.25, 0.3) is 5.56 Å². The van der Waals surface area contributed by atoms with Gasteiger partial charge in [-0.05, 0) is 0 Å². The number of H-pyrrole nitrogens is 1. The number of aldehydes is 1. The molecule has 1 fully saturated rings. The molecule has 4 atom stereocenters. The highest BCUT2D eigenvalue weighted by atomic mass is 16.6. The predicted molar refractivity (Wildman–Crippen MR) is 69.3 cm³/mol. The first-order valence-electron chi connectivity index (χ1n) is 6.31. The van der Waals surface area contributed by atoms with Gasteiger partial charge in [-0.3, -0.25) is 23.9 Å². The maximum atomic E-state index is 11.8. The van der Waals surface area contributed by atoms with E-state index in [0.717, 1.165) is 17.6 Å². The number of ether oxygens (including phenoxy) is 2. The number of aliphatic hydroxyl groups excluding tert-OH is 2. The highest BCUT2D eigenvalue weighted by Gasteiger charge is 2.45. The van der Waals surface area contributed by atoms with Crippen LogP contribution in [0, 0.1) is 0 Å². The van der Waals surface area contributed by atoms with Gasteiger partial charge >= 0.3 is 11.7 Å². The lowest BCUT2D eigenvalue weighted by Gasteiger charge is -2.18. The number of hydrogen-bond acceptors (Lipinski definition) is 8. The summed E-state index contributed by atoms with van der Waals surface area (Å²) >= 11 is 0. The molecule has 120 valence electrons. The fourth-order valence-electron chi connectivity index (χ4n) is 2.16. The monoisotopic (exact) mass is 314 g/mol. The van der Waals surface area contributed by atoms with Crippen molar-refractivity contribution in [2.24, 2.45) is 0 Å². The van der Waals surface area contributed by atoms with Gasteiger partial charge < -0.3 is 19.7 Å². The number of aromatic amines is 1. The summed E-state index contributed by atoms with van der Waals surface area (Å²) in [5.74, 6) is -0.608. The largest absolute Gasteiger partial charge is 0.463 e. The second-order valence-electron chi connectivity index (χ2n) is 4.70. The molecule has 10 nitrogen and oxygen atoms in total. The van der Waals surface area contributed by atoms with Crippen LogP contribution in [-0.4, -0.2) is 56.9 Å². The lowest BCUT2D eigenvalue weighted by Crippen LogP contribution is -2.39. The van der Waals surface area contributed by atoms with Crippen molar-refractivity contribution in [2.75, 3.05) is 6.61 Å². The summed E-state index contributed by atoms with van der Waals surface area (Å²) in [5, 5.41) is 19.8. The minimum Gasteiger partial charge on any atom is -0.463 e. The zero-order valence-corrected chi connectivity index (χ0v) is 11.5. The van der Waals surface area contributed by atoms with E-state index >= 15 is 0 Å². The molecule has 1 aliphatic heterocycles. The first kappa shape index (κ1) is 16.1. The maximum Gasteiger partial charge on any atom is 0.331 e. The van der Waals surface area contributed by atoms with Crippen LogP contribution in [0.5, 0.6) is 0 Å². The molecule has 0 spiro atoms. The van der Waals surface area contributed by atoms with Crippen LogP contribution in [0.3, 0.4) is 0 Å². The maximum absolute atomic E-state index is 11.8. The second kappa shape index (κ2) is 6.22. The van der Waals surface area contributed by atoms with Crippen LogP contribution in [0.25, 0.3) is 0 Å². The smallest absolute Gasteiger partial charge is 0.331 e. The van der Waals surface area contributed by atoms with E-state index in [4.69, 9.17) is 4.74 Å². The molecule has 0 saturated carbocycles. The van der Waals surface area contributed by atoms with Crippen LogP contribution in [0.4, 0.5) is 0 Å². The topological polar surface area (TPSA) is 148 Å². The Balaban J connectivity index is 2.34. The SMILES string of the molecule is CC(=O)OC[C@H]1O[C@@H](n2c(C=O)cc(=O)[nH]c2=O)[C@H](O)[C@@H]1O. The van der Waals surface area contributed by atoms with Crippen LogP contribution in [0.2, 0.25) is 0 Å². The minimum atomic E-state index is -1.55. The van der Waals surface area contributed by atoms with E-state index in [1.807, 2.05) is 4.98 Å². The van der Waals surface area contributed by atoms with E-state index in [2.05, 4.69) is 4.74 Å². The van der Waals surface area contributed by atoms with Gasteiger partial charge in [0.05, 0.1) is 5.69 Å². The number of aliphatic hydroxyl groups is 2. The van der Waals surface area contributed by atoms with E-state index in [1.165, 1.54) is 0 Å². The molecule has 2 rings (SSSR count). The van der Waals surface area contributed by atoms with Crippen molar-refractivity contribution in [3.8, 4) is 0 Å². The van der Waals surface area contributed by atoms with Crippen molar-refractivity contribution < 1.29 is 29.3 Å². The number of carbonyl (C=O) groups is 2. The van der Waals surface area contributed by atoms with E-state index in [-0.39, 0.29) is 18.6 Å². The Morgan fingerprint density at radius 2 is 2.14 bits per heavy atom. The number of esters is 1. The number of carbonyl (C=O) groups excluding carboxylic acids is 2. The van der Waals surface area contributed by atoms with Crippen LogP contribution in [0.15, 0.2) is 15.7 Å². The molecule has 0 aliphatic carbocycles. The molecule has 1 saturated heterocycles. The molecule has 0 bridgehead atoms. The molecule has 1 aromatic rings. The van der Waals surface area contributed by atoms with E-state index in [1.54, 1.807) is 0 Å². The van der Waals surface area contributed by atoms with Crippen molar-refractivity contribution in [1.82, 2.24) is 9.55 Å². The van der Waals surface area contributed by atoms with Gasteiger partial charge in [0.1, 0.15) is 24.9 Å². The van der Waals surface area contributed by atoms with Gasteiger partial charge in [-0.2, -0.15) is 0 Å². The Labute approximate surface area is 122 Å². The second-order valence-corrected chi connectivity index (χ2v) is 4.70. The van der Waals surface area contributed by atoms with Crippen LogP contribution >= 0.6 is 0 Å². The number of rotatable bonds is 4. The Hall–Kier alpha value is -2.30. The fourth-order valence-corrected chi connectivity index (χ4v) is 2.16. The average molecular weight is 314 g/mol. The van der Waals surface area contributed by atoms with Crippen molar-refractivity contribution in [2.45, 2.75) is 31.5 Å². The summed E-state index contributed by atoms with van der Waals surface area (Å²) in [6, 6.07) is 0.857. The Morgan fingerprint density at radius 3 is 2.73 bits per heavy atom. The van der Waals surface area contributed by atoms with Crippen molar-refractivity contribution in [1.29, 1.82) is 0 Å². The zero-order valence-electron chi connectivity index (χ0n) is 11.5. The molecular weight excluding hydrogens is 300 g/mol. The van der Waals surface area contributed by atoms with Crippen LogP contribution < -0.4 is 11.2 Å². The summed E-state index contributed by atoms with van der Waals surface area (Å²) in [5.41, 5.74) is -2.08. The van der Waals surface area contributed by atoms with Crippen molar-refractivity contribution in [3.63, 3.8) is 0 Å². The molecule has 0 amide bonds. The zero-order chi connectivity index (χ0) is 16.4. The Morgan fingerprint density at radius 1 is 1.45 bits per heavy atom. The van der Waals surface area contributed by atoms with Gasteiger partial charge in [-0.25, -0.2) is 4.79 Å². The molecule has 10 heteroatoms. The standard InChI is InChI=1S/C12H14N2O8/c1-5(16)21-4-7-9(18)10(19)11(22-7)14-6(3-15)2-8(17)13-12(14)20/h2-3,7,9-11,18-19H,4H2,1H3,(H,13,17,20)/t7-,9-,10-,11-/m1/s1. The number of aromatic nitrogens is 2. The van der Waals surface area contributed by atoms with Gasteiger partial charge in [0, 0.05) is 13.0 Å². The predicted octanol–water partition coefficient (Wildman–Crippen LogP) is -2.47. The van der Waals surface area contributed by atoms with E-state index < -0.39 is 41.8 Å². The summed E-state index contributed by atoms with van der Waals surface area (Å²) < 4.78 is 10.7. The summed E-state index contributed by atoms with van der Waals surface area (Å²) in [4.78, 5) is 46.7. The molecule has 1 aliphatic rings. The highest BCUT2D eigenvalue weighted by molar-refractivity contribution is 5.71. The summed E-state index contributed by atoms with van der Waals surface area (Å²) in [6.07, 6.45) is -5.23. The third-order valence-electron chi connectivity index (χ3n) is 3.17. The lowest BCUT2D eigenvalue weighted by molar-refractivity contribution is -0.147. The molecule has 1 aromatic heterocycles. The average Bonchev–Trinajstić information content (AvgIpc) is 2.72. The third kappa shape index (κ3) is 2.98. The summed E-state index contributed by atoms with van der Waals surface area (Å²) in [6.45, 7) is 0.824. The van der Waals surface area contributed by atoms with Crippen molar-refractivity contribution >= 4 is 12.3 Å². The number of nitrogens with one attached hydrogen (secondary N) is 1. The first-order valence-corrected chi connectivity index (χ1v) is 6.31. The molecule has 0 unspecified atom stereocenters. The molecule has 0 radical (unpaired) electrons. The van der Waals surface area contributed by atoms with Crippen LogP contribution in [-0.2, 0) is 14.3 Å². The molecular formula is C12H14N2O8. The van der Waals surface area contributed by atoms with Crippen molar-refractivity contribution in [3.05, 3.63) is 32.6 Å². The number of nitrogens with zero attached hydrogens (tertiary/aromatic N) is 1. The van der Waals surface area contributed by atoms with Gasteiger partial charge in [0.2, 0.25) is 0 Å². The number of hydrogen-bond donors (Lipinski definition) is 3. The van der Waals surface area contributed by atoms with Gasteiger partial charge in [-0.1, -0.05) is 0 Å². The van der Waals surface area contributed by atoms with Gasteiger partial charge in [-0.15, -0.1) is 0 Å². The molecule has 22 heavy (non-hydrogen) atoms.